The highest BCUT2D eigenvalue weighted by molar-refractivity contribution is 7.98. The largest absolute Gasteiger partial charge is 0.394 e. The Morgan fingerprint density at radius 3 is 2.67 bits per heavy atom. The molecule has 0 amide bonds. The van der Waals surface area contributed by atoms with Gasteiger partial charge in [0.1, 0.15) is 0 Å². The van der Waals surface area contributed by atoms with E-state index in [1.54, 1.807) is 11.8 Å². The number of nitriles is 1. The molecule has 2 N–H and O–H groups in total. The number of hydrogen-bond acceptors (Lipinski definition) is 4. The van der Waals surface area contributed by atoms with Gasteiger partial charge in [0, 0.05) is 11.5 Å². The molecule has 0 fully saturated rings. The van der Waals surface area contributed by atoms with E-state index < -0.39 is 11.5 Å². The van der Waals surface area contributed by atoms with Crippen molar-refractivity contribution in [1.82, 2.24) is 0 Å². The third-order valence-corrected chi connectivity index (χ3v) is 3.88. The van der Waals surface area contributed by atoms with Crippen LogP contribution in [0.5, 0.6) is 0 Å². The number of nitrogens with zero attached hydrogens (tertiary/aromatic N) is 1. The van der Waals surface area contributed by atoms with Gasteiger partial charge in [-0.1, -0.05) is 24.3 Å². The van der Waals surface area contributed by atoms with E-state index in [1.165, 1.54) is 0 Å². The highest BCUT2D eigenvalue weighted by Gasteiger charge is 2.22. The van der Waals surface area contributed by atoms with Crippen LogP contribution in [0.4, 0.5) is 0 Å². The highest BCUT2D eigenvalue weighted by Crippen LogP contribution is 2.28. The molecule has 0 saturated carbocycles. The Morgan fingerprint density at radius 1 is 1.39 bits per heavy atom. The fourth-order valence-electron chi connectivity index (χ4n) is 1.67. The molecular weight excluding hydrogens is 246 g/mol. The van der Waals surface area contributed by atoms with Crippen LogP contribution < -0.4 is 0 Å². The number of aliphatic hydroxyl groups excluding tert-OH is 2. The van der Waals surface area contributed by atoms with Gasteiger partial charge in [0.05, 0.1) is 24.2 Å². The number of aliphatic hydroxyl groups is 2. The lowest BCUT2D eigenvalue weighted by Crippen LogP contribution is -2.17. The van der Waals surface area contributed by atoms with Crippen LogP contribution in [-0.2, 0) is 11.2 Å². The molecule has 1 aromatic carbocycles. The molecule has 0 aliphatic carbocycles. The predicted octanol–water partition coefficient (Wildman–Crippen LogP) is 2.07. The number of rotatable bonds is 6. The first-order valence-electron chi connectivity index (χ1n) is 5.87. The summed E-state index contributed by atoms with van der Waals surface area (Å²) in [5.41, 5.74) is 1.63. The summed E-state index contributed by atoms with van der Waals surface area (Å²) in [6.07, 6.45) is -0.675. The molecule has 0 aliphatic heterocycles. The number of hydrogen-bond donors (Lipinski definition) is 2. The monoisotopic (exact) mass is 265 g/mol. The summed E-state index contributed by atoms with van der Waals surface area (Å²) in [4.78, 5) is 0. The van der Waals surface area contributed by atoms with Gasteiger partial charge in [-0.3, -0.25) is 0 Å². The van der Waals surface area contributed by atoms with Crippen LogP contribution in [0.3, 0.4) is 0 Å². The molecule has 0 radical (unpaired) electrons. The van der Waals surface area contributed by atoms with Crippen LogP contribution in [-0.4, -0.2) is 28.7 Å². The molecule has 3 nitrogen and oxygen atoms in total. The Morgan fingerprint density at radius 2 is 2.06 bits per heavy atom. The Bertz CT molecular complexity index is 426. The van der Waals surface area contributed by atoms with E-state index in [0.29, 0.717) is 5.75 Å². The van der Waals surface area contributed by atoms with Crippen molar-refractivity contribution in [2.24, 2.45) is 0 Å². The average Bonchev–Trinajstić information content (AvgIpc) is 2.39. The quantitative estimate of drug-likeness (QED) is 0.826. The first-order valence-corrected chi connectivity index (χ1v) is 7.03. The molecule has 18 heavy (non-hydrogen) atoms. The maximum atomic E-state index is 9.29. The molecule has 0 saturated heterocycles. The average molecular weight is 265 g/mol. The van der Waals surface area contributed by atoms with Gasteiger partial charge in [-0.15, -0.1) is 0 Å². The summed E-state index contributed by atoms with van der Waals surface area (Å²) in [6, 6.07) is 10.2. The Kier molecular flexibility index (Phi) is 5.67. The van der Waals surface area contributed by atoms with Crippen molar-refractivity contribution in [3.8, 4) is 6.07 Å². The lowest BCUT2D eigenvalue weighted by atomic mass is 9.84. The Labute approximate surface area is 112 Å². The fraction of sp³-hybridized carbons (Fsp3) is 0.500. The van der Waals surface area contributed by atoms with Crippen LogP contribution in [0.2, 0.25) is 0 Å². The Hall–Kier alpha value is -1.02. The molecule has 1 atom stereocenters. The second kappa shape index (κ2) is 6.79. The zero-order valence-electron chi connectivity index (χ0n) is 10.8. The molecule has 0 aromatic heterocycles. The fourth-order valence-corrected chi connectivity index (χ4v) is 2.64. The Balaban J connectivity index is 2.75. The molecule has 98 valence electrons. The van der Waals surface area contributed by atoms with Crippen molar-refractivity contribution in [3.05, 3.63) is 35.4 Å². The van der Waals surface area contributed by atoms with Crippen molar-refractivity contribution in [2.45, 2.75) is 31.1 Å². The molecule has 1 aromatic rings. The summed E-state index contributed by atoms with van der Waals surface area (Å²) < 4.78 is 0. The van der Waals surface area contributed by atoms with Crippen molar-refractivity contribution in [2.75, 3.05) is 12.4 Å². The molecule has 0 heterocycles. The summed E-state index contributed by atoms with van der Waals surface area (Å²) in [5.74, 6) is 1.23. The number of thioether (sulfide) groups is 1. The van der Waals surface area contributed by atoms with Gasteiger partial charge < -0.3 is 10.2 Å². The zero-order valence-corrected chi connectivity index (χ0v) is 11.6. The summed E-state index contributed by atoms with van der Waals surface area (Å²) in [6.45, 7) is 3.59. The minimum Gasteiger partial charge on any atom is -0.394 e. The van der Waals surface area contributed by atoms with E-state index in [9.17, 15) is 10.4 Å². The first-order chi connectivity index (χ1) is 8.51. The van der Waals surface area contributed by atoms with Gasteiger partial charge in [-0.05, 0) is 25.0 Å². The van der Waals surface area contributed by atoms with Gasteiger partial charge in [0.25, 0.3) is 0 Å². The van der Waals surface area contributed by atoms with Crippen LogP contribution in [0.25, 0.3) is 0 Å². The van der Waals surface area contributed by atoms with Crippen LogP contribution >= 0.6 is 11.8 Å². The third kappa shape index (κ3) is 4.02. The van der Waals surface area contributed by atoms with Gasteiger partial charge in [-0.2, -0.15) is 17.0 Å². The van der Waals surface area contributed by atoms with Crippen molar-refractivity contribution >= 4 is 11.8 Å². The maximum absolute atomic E-state index is 9.29. The van der Waals surface area contributed by atoms with Gasteiger partial charge >= 0.3 is 0 Å². The van der Waals surface area contributed by atoms with E-state index in [-0.39, 0.29) is 6.61 Å². The third-order valence-electron chi connectivity index (χ3n) is 2.75. The molecule has 1 unspecified atom stereocenters. The smallest absolute Gasteiger partial charge is 0.0861 e. The second-order valence-electron chi connectivity index (χ2n) is 4.75. The molecule has 0 aliphatic rings. The molecule has 4 heteroatoms. The topological polar surface area (TPSA) is 64.2 Å². The predicted molar refractivity (Wildman–Crippen MR) is 74.3 cm³/mol. The minimum absolute atomic E-state index is 0.210. The summed E-state index contributed by atoms with van der Waals surface area (Å²) >= 11 is 1.56. The first kappa shape index (κ1) is 15.0. The zero-order chi connectivity index (χ0) is 13.6. The van der Waals surface area contributed by atoms with Gasteiger partial charge in [0.15, 0.2) is 0 Å². The number of benzene rings is 1. The lowest BCUT2D eigenvalue weighted by molar-refractivity contribution is 0.113. The van der Waals surface area contributed by atoms with E-state index in [0.717, 1.165) is 16.9 Å². The summed E-state index contributed by atoms with van der Waals surface area (Å²) in [7, 11) is 0. The van der Waals surface area contributed by atoms with Gasteiger partial charge in [-0.25, -0.2) is 0 Å². The summed E-state index contributed by atoms with van der Waals surface area (Å²) in [5, 5.41) is 27.2. The SMILES string of the molecule is CC(C)(C#N)c1ccccc1CSCC(O)CO. The van der Waals surface area contributed by atoms with Crippen molar-refractivity contribution < 1.29 is 10.2 Å². The highest BCUT2D eigenvalue weighted by atomic mass is 32.2. The standard InChI is InChI=1S/C14H19NO2S/c1-14(2,10-15)13-6-4-3-5-11(13)8-18-9-12(17)7-16/h3-6,12,16-17H,7-9H2,1-2H3. The van der Waals surface area contributed by atoms with Crippen LogP contribution in [0, 0.1) is 11.3 Å². The minimum atomic E-state index is -0.675. The van der Waals surface area contributed by atoms with E-state index in [4.69, 9.17) is 5.11 Å². The van der Waals surface area contributed by atoms with Crippen molar-refractivity contribution in [3.63, 3.8) is 0 Å². The normalized spacial score (nSPS) is 13.1. The van der Waals surface area contributed by atoms with Crippen LogP contribution in [0.1, 0.15) is 25.0 Å². The van der Waals surface area contributed by atoms with E-state index in [1.807, 2.05) is 38.1 Å². The molecular formula is C14H19NO2S. The van der Waals surface area contributed by atoms with Crippen molar-refractivity contribution in [1.29, 1.82) is 5.26 Å². The van der Waals surface area contributed by atoms with E-state index in [2.05, 4.69) is 6.07 Å². The van der Waals surface area contributed by atoms with E-state index >= 15 is 0 Å². The second-order valence-corrected chi connectivity index (χ2v) is 5.78. The van der Waals surface area contributed by atoms with Crippen LogP contribution in [0.15, 0.2) is 24.3 Å². The molecule has 1 rings (SSSR count). The van der Waals surface area contributed by atoms with Gasteiger partial charge in [0.2, 0.25) is 0 Å². The molecule has 0 bridgehead atoms. The lowest BCUT2D eigenvalue weighted by Gasteiger charge is -2.20. The maximum Gasteiger partial charge on any atom is 0.0861 e. The molecule has 0 spiro atoms.